The lowest BCUT2D eigenvalue weighted by atomic mass is 10.1. The maximum atomic E-state index is 13.0. The Hall–Kier alpha value is -0.800. The molecule has 14 heavy (non-hydrogen) atoms. The minimum atomic E-state index is -0.447. The van der Waals surface area contributed by atoms with Gasteiger partial charge in [0, 0.05) is 6.07 Å². The van der Waals surface area contributed by atoms with Crippen molar-refractivity contribution in [3.05, 3.63) is 28.5 Å². The molecule has 0 fully saturated rings. The van der Waals surface area contributed by atoms with Crippen molar-refractivity contribution in [1.29, 1.82) is 0 Å². The van der Waals surface area contributed by atoms with Gasteiger partial charge in [-0.1, -0.05) is 11.6 Å². The Morgan fingerprint density at radius 3 is 2.79 bits per heavy atom. The molecule has 0 spiro atoms. The molecule has 0 unspecified atom stereocenters. The summed E-state index contributed by atoms with van der Waals surface area (Å²) in [5.41, 5.74) is 0.910. The Bertz CT molecular complexity index is 317. The number of ether oxygens (including phenoxy) is 1. The summed E-state index contributed by atoms with van der Waals surface area (Å²) in [6, 6.07) is 2.92. The van der Waals surface area contributed by atoms with Gasteiger partial charge in [0.1, 0.15) is 11.6 Å². The topological polar surface area (TPSA) is 21.3 Å². The van der Waals surface area contributed by atoms with Crippen LogP contribution in [0.15, 0.2) is 12.1 Å². The monoisotopic (exact) mass is 217 g/mol. The molecule has 0 heterocycles. The van der Waals surface area contributed by atoms with E-state index in [-0.39, 0.29) is 5.02 Å². The minimum Gasteiger partial charge on any atom is -0.496 e. The van der Waals surface area contributed by atoms with E-state index in [1.165, 1.54) is 13.2 Å². The highest BCUT2D eigenvalue weighted by molar-refractivity contribution is 6.30. The van der Waals surface area contributed by atoms with Crippen molar-refractivity contribution in [3.63, 3.8) is 0 Å². The number of hydrogen-bond acceptors (Lipinski definition) is 2. The van der Waals surface area contributed by atoms with Crippen LogP contribution in [0, 0.1) is 5.82 Å². The Morgan fingerprint density at radius 2 is 2.21 bits per heavy atom. The second kappa shape index (κ2) is 5.17. The molecule has 0 aliphatic carbocycles. The predicted molar refractivity (Wildman–Crippen MR) is 55.6 cm³/mol. The zero-order valence-corrected chi connectivity index (χ0v) is 8.99. The van der Waals surface area contributed by atoms with Crippen LogP contribution < -0.4 is 10.1 Å². The first-order chi connectivity index (χ1) is 6.69. The Balaban J connectivity index is 2.95. The highest BCUT2D eigenvalue weighted by Crippen LogP contribution is 2.26. The Labute approximate surface area is 88.0 Å². The zero-order valence-electron chi connectivity index (χ0n) is 8.23. The van der Waals surface area contributed by atoms with E-state index in [1.807, 2.05) is 7.05 Å². The van der Waals surface area contributed by atoms with E-state index in [0.717, 1.165) is 18.5 Å². The van der Waals surface area contributed by atoms with Crippen molar-refractivity contribution < 1.29 is 9.13 Å². The lowest BCUT2D eigenvalue weighted by Crippen LogP contribution is -2.11. The second-order valence-corrected chi connectivity index (χ2v) is 3.34. The summed E-state index contributed by atoms with van der Waals surface area (Å²) in [6.07, 6.45) is 0.764. The average Bonchev–Trinajstić information content (AvgIpc) is 2.19. The molecule has 1 aromatic rings. The van der Waals surface area contributed by atoms with Crippen LogP contribution in [-0.4, -0.2) is 20.7 Å². The van der Waals surface area contributed by atoms with Gasteiger partial charge in [-0.2, -0.15) is 0 Å². The fourth-order valence-corrected chi connectivity index (χ4v) is 1.40. The molecule has 0 aliphatic rings. The SMILES string of the molecule is CNCCc1cc(Cl)c(F)cc1OC. The first-order valence-electron chi connectivity index (χ1n) is 4.35. The number of hydrogen-bond donors (Lipinski definition) is 1. The summed E-state index contributed by atoms with van der Waals surface area (Å²) in [4.78, 5) is 0. The van der Waals surface area contributed by atoms with Crippen LogP contribution >= 0.6 is 11.6 Å². The third-order valence-corrected chi connectivity index (χ3v) is 2.26. The largest absolute Gasteiger partial charge is 0.496 e. The van der Waals surface area contributed by atoms with E-state index in [4.69, 9.17) is 16.3 Å². The van der Waals surface area contributed by atoms with Crippen LogP contribution in [0.1, 0.15) is 5.56 Å². The van der Waals surface area contributed by atoms with E-state index in [0.29, 0.717) is 5.75 Å². The summed E-state index contributed by atoms with van der Waals surface area (Å²) in [6.45, 7) is 0.804. The van der Waals surface area contributed by atoms with Crippen LogP contribution in [0.2, 0.25) is 5.02 Å². The molecule has 0 atom stereocenters. The smallest absolute Gasteiger partial charge is 0.145 e. The molecule has 0 saturated carbocycles. The maximum absolute atomic E-state index is 13.0. The van der Waals surface area contributed by atoms with Crippen LogP contribution in [0.25, 0.3) is 0 Å². The molecule has 4 heteroatoms. The molecule has 1 aromatic carbocycles. The molecule has 0 saturated heterocycles. The summed E-state index contributed by atoms with van der Waals surface area (Å²) < 4.78 is 18.1. The predicted octanol–water partition coefficient (Wildman–Crippen LogP) is 2.25. The van der Waals surface area contributed by atoms with Gasteiger partial charge in [-0.15, -0.1) is 0 Å². The Kier molecular flexibility index (Phi) is 4.17. The van der Waals surface area contributed by atoms with Crippen molar-refractivity contribution >= 4 is 11.6 Å². The number of halogens is 2. The number of benzene rings is 1. The van der Waals surface area contributed by atoms with E-state index in [1.54, 1.807) is 6.07 Å². The highest BCUT2D eigenvalue weighted by Gasteiger charge is 2.08. The molecule has 1 N–H and O–H groups in total. The summed E-state index contributed by atoms with van der Waals surface area (Å²) in [7, 11) is 3.38. The van der Waals surface area contributed by atoms with Gasteiger partial charge >= 0.3 is 0 Å². The van der Waals surface area contributed by atoms with Gasteiger partial charge in [0.25, 0.3) is 0 Å². The maximum Gasteiger partial charge on any atom is 0.145 e. The number of nitrogens with one attached hydrogen (secondary N) is 1. The molecular formula is C10H13ClFNO. The van der Waals surface area contributed by atoms with Crippen LogP contribution in [0.4, 0.5) is 4.39 Å². The average molecular weight is 218 g/mol. The third kappa shape index (κ3) is 2.59. The summed E-state index contributed by atoms with van der Waals surface area (Å²) in [5, 5.41) is 3.15. The highest BCUT2D eigenvalue weighted by atomic mass is 35.5. The van der Waals surface area contributed by atoms with Gasteiger partial charge in [0.15, 0.2) is 0 Å². The summed E-state index contributed by atoms with van der Waals surface area (Å²) >= 11 is 5.67. The molecule has 0 aliphatic heterocycles. The van der Waals surface area contributed by atoms with Crippen LogP contribution in [-0.2, 0) is 6.42 Å². The third-order valence-electron chi connectivity index (χ3n) is 1.97. The summed E-state index contributed by atoms with van der Waals surface area (Å²) in [5.74, 6) is 0.0962. The second-order valence-electron chi connectivity index (χ2n) is 2.93. The zero-order chi connectivity index (χ0) is 10.6. The Morgan fingerprint density at radius 1 is 1.50 bits per heavy atom. The molecule has 1 rings (SSSR count). The quantitative estimate of drug-likeness (QED) is 0.836. The van der Waals surface area contributed by atoms with Gasteiger partial charge in [0.2, 0.25) is 0 Å². The first-order valence-corrected chi connectivity index (χ1v) is 4.73. The molecule has 0 amide bonds. The standard InChI is InChI=1S/C10H13ClFNO/c1-13-4-3-7-5-8(11)9(12)6-10(7)14-2/h5-6,13H,3-4H2,1-2H3. The molecule has 0 bridgehead atoms. The van der Waals surface area contributed by atoms with Gasteiger partial charge in [-0.3, -0.25) is 0 Å². The van der Waals surface area contributed by atoms with E-state index in [2.05, 4.69) is 5.32 Å². The van der Waals surface area contributed by atoms with Crippen molar-refractivity contribution in [2.45, 2.75) is 6.42 Å². The minimum absolute atomic E-state index is 0.136. The molecule has 2 nitrogen and oxygen atoms in total. The molecule has 0 radical (unpaired) electrons. The number of likely N-dealkylation sites (N-methyl/N-ethyl adjacent to an activating group) is 1. The van der Waals surface area contributed by atoms with Gasteiger partial charge in [-0.25, -0.2) is 4.39 Å². The van der Waals surface area contributed by atoms with E-state index in [9.17, 15) is 4.39 Å². The number of rotatable bonds is 4. The van der Waals surface area contributed by atoms with Gasteiger partial charge < -0.3 is 10.1 Å². The fraction of sp³-hybridized carbons (Fsp3) is 0.400. The number of methoxy groups -OCH3 is 1. The lowest BCUT2D eigenvalue weighted by molar-refractivity contribution is 0.406. The first kappa shape index (κ1) is 11.3. The molecular weight excluding hydrogens is 205 g/mol. The van der Waals surface area contributed by atoms with Crippen LogP contribution in [0.3, 0.4) is 0 Å². The van der Waals surface area contributed by atoms with Crippen molar-refractivity contribution in [3.8, 4) is 5.75 Å². The van der Waals surface area contributed by atoms with E-state index >= 15 is 0 Å². The van der Waals surface area contributed by atoms with Crippen molar-refractivity contribution in [2.24, 2.45) is 0 Å². The van der Waals surface area contributed by atoms with Crippen molar-refractivity contribution in [1.82, 2.24) is 5.32 Å². The van der Waals surface area contributed by atoms with Crippen molar-refractivity contribution in [2.75, 3.05) is 20.7 Å². The van der Waals surface area contributed by atoms with Gasteiger partial charge in [-0.05, 0) is 31.6 Å². The molecule has 0 aromatic heterocycles. The van der Waals surface area contributed by atoms with E-state index < -0.39 is 5.82 Å². The molecule has 78 valence electrons. The lowest BCUT2D eigenvalue weighted by Gasteiger charge is -2.09. The van der Waals surface area contributed by atoms with Crippen LogP contribution in [0.5, 0.6) is 5.75 Å². The normalized spacial score (nSPS) is 10.3. The fourth-order valence-electron chi connectivity index (χ4n) is 1.21. The van der Waals surface area contributed by atoms with Gasteiger partial charge in [0.05, 0.1) is 12.1 Å².